The van der Waals surface area contributed by atoms with Crippen molar-refractivity contribution in [1.82, 2.24) is 4.90 Å². The van der Waals surface area contributed by atoms with E-state index in [0.29, 0.717) is 53.2 Å². The van der Waals surface area contributed by atoms with Gasteiger partial charge in [0, 0.05) is 31.1 Å². The quantitative estimate of drug-likeness (QED) is 0.248. The molecule has 0 N–H and O–H groups in total. The van der Waals surface area contributed by atoms with Crippen molar-refractivity contribution in [2.75, 3.05) is 48.6 Å². The smallest absolute Gasteiger partial charge is 0.204 e. The van der Waals surface area contributed by atoms with Gasteiger partial charge in [-0.15, -0.1) is 0 Å². The number of rotatable bonds is 4. The van der Waals surface area contributed by atoms with E-state index in [4.69, 9.17) is 33.4 Å². The predicted octanol–water partition coefficient (Wildman–Crippen LogP) is 6.98. The van der Waals surface area contributed by atoms with Crippen molar-refractivity contribution in [1.29, 1.82) is 0 Å². The third kappa shape index (κ3) is 5.33. The van der Waals surface area contributed by atoms with Crippen molar-refractivity contribution in [3.63, 3.8) is 0 Å². The largest absolute Gasteiger partial charge is 0.493 e. The zero-order valence-electron chi connectivity index (χ0n) is 26.4. The van der Waals surface area contributed by atoms with Gasteiger partial charge in [-0.05, 0) is 96.6 Å². The molecule has 4 aromatic rings. The second kappa shape index (κ2) is 12.0. The average Bonchev–Trinajstić information content (AvgIpc) is 3.06. The number of nitrogens with zero attached hydrogens (tertiary/aromatic N) is 2. The van der Waals surface area contributed by atoms with Gasteiger partial charge in [0.2, 0.25) is 5.75 Å². The molecule has 0 aliphatic carbocycles. The van der Waals surface area contributed by atoms with Crippen molar-refractivity contribution in [2.24, 2.45) is 4.99 Å². The number of ether oxygens (including phenoxy) is 6. The number of likely N-dealkylation sites (N-methyl/N-ethyl adjacent to an activating group) is 1. The van der Waals surface area contributed by atoms with E-state index in [1.54, 1.807) is 28.4 Å². The summed E-state index contributed by atoms with van der Waals surface area (Å²) >= 11 is 0. The van der Waals surface area contributed by atoms with Crippen molar-refractivity contribution < 1.29 is 28.4 Å². The van der Waals surface area contributed by atoms with Crippen molar-refractivity contribution >= 4 is 5.71 Å². The van der Waals surface area contributed by atoms with Crippen LogP contribution in [-0.4, -0.2) is 59.2 Å². The van der Waals surface area contributed by atoms with Gasteiger partial charge >= 0.3 is 0 Å². The van der Waals surface area contributed by atoms with Crippen LogP contribution >= 0.6 is 0 Å². The van der Waals surface area contributed by atoms with Gasteiger partial charge in [0.1, 0.15) is 5.75 Å². The lowest BCUT2D eigenvalue weighted by atomic mass is 9.88. The molecular formula is C37H38N2O6. The Kier molecular flexibility index (Phi) is 7.75. The van der Waals surface area contributed by atoms with Crippen molar-refractivity contribution in [2.45, 2.75) is 31.7 Å². The van der Waals surface area contributed by atoms with Gasteiger partial charge in [-0.25, -0.2) is 0 Å². The maximum atomic E-state index is 6.92. The first-order chi connectivity index (χ1) is 22.0. The monoisotopic (exact) mass is 606 g/mol. The molecule has 0 fully saturated rings. The van der Waals surface area contributed by atoms with E-state index >= 15 is 0 Å². The molecule has 45 heavy (non-hydrogen) atoms. The SMILES string of the molecule is COc1ccc2cc1Oc1ccc(cc1)CC1=NCCc3cc(OC)c(OC)c(c31)Oc1cc3c(cc1OC)CCN(C)[C@H]3C2. The minimum Gasteiger partial charge on any atom is -0.493 e. The standard InChI is InChI=1S/C37H38N2O6/c1-39-15-13-24-19-31(41-3)33-21-27(24)29(39)17-23-8-11-30(40-2)32(18-23)44-26-9-6-22(7-10-26)16-28-35-25(12-14-38-28)20-34(42-4)36(43-5)37(35)45-33/h6-11,18-21,29H,12-17H2,1-5H3/t29-/m0/s1. The summed E-state index contributed by atoms with van der Waals surface area (Å²) < 4.78 is 36.7. The molecule has 232 valence electrons. The molecular weight excluding hydrogens is 568 g/mol. The number of hydrogen-bond donors (Lipinski definition) is 0. The van der Waals surface area contributed by atoms with Crippen LogP contribution in [0.4, 0.5) is 0 Å². The van der Waals surface area contributed by atoms with Crippen LogP contribution < -0.4 is 28.4 Å². The van der Waals surface area contributed by atoms with Gasteiger partial charge in [-0.2, -0.15) is 0 Å². The summed E-state index contributed by atoms with van der Waals surface area (Å²) in [6, 6.07) is 20.8. The Labute approximate surface area is 264 Å². The molecule has 4 aromatic carbocycles. The predicted molar refractivity (Wildman–Crippen MR) is 174 cm³/mol. The molecule has 4 aliphatic heterocycles. The summed E-state index contributed by atoms with van der Waals surface area (Å²) in [5.41, 5.74) is 7.70. The summed E-state index contributed by atoms with van der Waals surface area (Å²) in [4.78, 5) is 7.41. The molecule has 0 amide bonds. The maximum Gasteiger partial charge on any atom is 0.204 e. The molecule has 0 radical (unpaired) electrons. The second-order valence-corrected chi connectivity index (χ2v) is 11.7. The number of benzene rings is 4. The van der Waals surface area contributed by atoms with Crippen LogP contribution in [0.2, 0.25) is 0 Å². The topological polar surface area (TPSA) is 71.0 Å². The van der Waals surface area contributed by atoms with Gasteiger partial charge in [0.05, 0.1) is 34.2 Å². The van der Waals surface area contributed by atoms with Crippen molar-refractivity contribution in [3.05, 3.63) is 94.0 Å². The first-order valence-electron chi connectivity index (χ1n) is 15.3. The van der Waals surface area contributed by atoms with Crippen LogP contribution in [0.5, 0.6) is 46.0 Å². The fourth-order valence-corrected chi connectivity index (χ4v) is 6.75. The minimum atomic E-state index is 0.111. The lowest BCUT2D eigenvalue weighted by Gasteiger charge is -2.35. The van der Waals surface area contributed by atoms with Crippen molar-refractivity contribution in [3.8, 4) is 46.0 Å². The molecule has 0 unspecified atom stereocenters. The number of methoxy groups -OCH3 is 4. The van der Waals surface area contributed by atoms with Crippen LogP contribution in [0.15, 0.2) is 65.7 Å². The van der Waals surface area contributed by atoms with Crippen LogP contribution in [0.1, 0.15) is 39.4 Å². The highest BCUT2D eigenvalue weighted by atomic mass is 16.5. The van der Waals surface area contributed by atoms with E-state index in [1.165, 1.54) is 11.1 Å². The molecule has 0 aromatic heterocycles. The lowest BCUT2D eigenvalue weighted by molar-refractivity contribution is 0.228. The van der Waals surface area contributed by atoms with E-state index in [1.807, 2.05) is 18.2 Å². The van der Waals surface area contributed by atoms with E-state index in [0.717, 1.165) is 59.5 Å². The lowest BCUT2D eigenvalue weighted by Crippen LogP contribution is -2.33. The van der Waals surface area contributed by atoms with Gasteiger partial charge < -0.3 is 28.4 Å². The van der Waals surface area contributed by atoms with E-state index in [9.17, 15) is 0 Å². The Hall–Kier alpha value is -4.69. The summed E-state index contributed by atoms with van der Waals surface area (Å²) in [6.07, 6.45) is 3.09. The summed E-state index contributed by atoms with van der Waals surface area (Å²) in [6.45, 7) is 1.62. The second-order valence-electron chi connectivity index (χ2n) is 11.7. The Morgan fingerprint density at radius 1 is 0.733 bits per heavy atom. The molecule has 8 rings (SSSR count). The molecule has 8 nitrogen and oxygen atoms in total. The van der Waals surface area contributed by atoms with E-state index in [-0.39, 0.29) is 6.04 Å². The average molecular weight is 607 g/mol. The van der Waals surface area contributed by atoms with Gasteiger partial charge in [-0.1, -0.05) is 18.2 Å². The Balaban J connectivity index is 1.45. The molecule has 0 saturated carbocycles. The minimum absolute atomic E-state index is 0.111. The molecule has 1 atom stereocenters. The third-order valence-electron chi connectivity index (χ3n) is 9.12. The maximum absolute atomic E-state index is 6.92. The zero-order valence-corrected chi connectivity index (χ0v) is 26.4. The fraction of sp³-hybridized carbons (Fsp3) is 0.324. The third-order valence-corrected chi connectivity index (χ3v) is 9.12. The molecule has 6 bridgehead atoms. The highest BCUT2D eigenvalue weighted by molar-refractivity contribution is 6.07. The van der Waals surface area contributed by atoms with Gasteiger partial charge in [0.15, 0.2) is 34.5 Å². The Morgan fingerprint density at radius 3 is 2.22 bits per heavy atom. The van der Waals surface area contributed by atoms with Gasteiger partial charge in [0.25, 0.3) is 0 Å². The zero-order chi connectivity index (χ0) is 31.1. The Morgan fingerprint density at radius 2 is 1.47 bits per heavy atom. The normalized spacial score (nSPS) is 17.1. The molecule has 4 heterocycles. The van der Waals surface area contributed by atoms with Crippen LogP contribution in [0.25, 0.3) is 0 Å². The summed E-state index contributed by atoms with van der Waals surface area (Å²) in [5, 5.41) is 0. The van der Waals surface area contributed by atoms with E-state index < -0.39 is 0 Å². The number of hydrogen-bond acceptors (Lipinski definition) is 8. The number of aliphatic imine (C=N–C) groups is 1. The molecule has 0 spiro atoms. The van der Waals surface area contributed by atoms with Gasteiger partial charge in [-0.3, -0.25) is 9.89 Å². The first-order valence-corrected chi connectivity index (χ1v) is 15.3. The number of fused-ring (bicyclic) bond motifs is 2. The summed E-state index contributed by atoms with van der Waals surface area (Å²) in [5.74, 6) is 5.18. The Bertz CT molecular complexity index is 1780. The molecule has 0 saturated heterocycles. The summed E-state index contributed by atoms with van der Waals surface area (Å²) in [7, 11) is 8.84. The fourth-order valence-electron chi connectivity index (χ4n) is 6.75. The highest BCUT2D eigenvalue weighted by Crippen LogP contribution is 2.49. The first kappa shape index (κ1) is 29.0. The molecule has 8 heteroatoms. The van der Waals surface area contributed by atoms with Crippen LogP contribution in [-0.2, 0) is 25.7 Å². The van der Waals surface area contributed by atoms with Crippen LogP contribution in [0.3, 0.4) is 0 Å². The van der Waals surface area contributed by atoms with Crippen LogP contribution in [0, 0.1) is 0 Å². The molecule has 4 aliphatic rings. The highest BCUT2D eigenvalue weighted by Gasteiger charge is 2.31. The van der Waals surface area contributed by atoms with E-state index in [2.05, 4.69) is 54.4 Å².